The maximum Gasteiger partial charge on any atom is 0.325 e. The number of ether oxygens (including phenoxy) is 2. The molecule has 0 saturated carbocycles. The molecule has 0 aromatic carbocycles. The number of alkyl halides is 2. The fourth-order valence-corrected chi connectivity index (χ4v) is 2.47. The van der Waals surface area contributed by atoms with Gasteiger partial charge in [-0.15, -0.1) is 0 Å². The zero-order chi connectivity index (χ0) is 14.0. The van der Waals surface area contributed by atoms with E-state index in [2.05, 4.69) is 5.32 Å². The van der Waals surface area contributed by atoms with Gasteiger partial charge in [0.15, 0.2) is 6.23 Å². The highest BCUT2D eigenvalue weighted by atomic mass is 127. The van der Waals surface area contributed by atoms with Crippen LogP contribution in [-0.2, 0) is 9.47 Å². The molecule has 0 radical (unpaired) electrons. The molecule has 2 heterocycles. The van der Waals surface area contributed by atoms with Crippen molar-refractivity contribution in [2.75, 3.05) is 17.8 Å². The summed E-state index contributed by atoms with van der Waals surface area (Å²) < 4.78 is 24.0. The standard InChI is InChI=1S/C10H14FIN2O5/c11-10(4-12)7(16)6(15)8(19-10)14-2-1-3-18-5-13-9(14)17/h1-2,6-8,15-16H,3-5H2,(H,13,17)/b2-1-/t6-,7+,8-,10-/m1/s1. The second kappa shape index (κ2) is 5.87. The van der Waals surface area contributed by atoms with Crippen LogP contribution in [0.15, 0.2) is 12.3 Å². The van der Waals surface area contributed by atoms with Crippen molar-refractivity contribution in [3.63, 3.8) is 0 Å². The molecule has 3 N–H and O–H groups in total. The van der Waals surface area contributed by atoms with Crippen LogP contribution in [0.4, 0.5) is 9.18 Å². The molecule has 2 aliphatic heterocycles. The third-order valence-electron chi connectivity index (χ3n) is 2.87. The second-order valence-electron chi connectivity index (χ2n) is 4.15. The molecular weight excluding hydrogens is 374 g/mol. The third kappa shape index (κ3) is 2.84. The van der Waals surface area contributed by atoms with Gasteiger partial charge in [0.25, 0.3) is 0 Å². The summed E-state index contributed by atoms with van der Waals surface area (Å²) >= 11 is 1.70. The Morgan fingerprint density at radius 2 is 2.37 bits per heavy atom. The number of carbonyl (C=O) groups is 1. The molecule has 0 bridgehead atoms. The molecule has 19 heavy (non-hydrogen) atoms. The molecule has 0 spiro atoms. The number of amides is 2. The molecule has 2 aliphatic rings. The van der Waals surface area contributed by atoms with Crippen LogP contribution in [0.25, 0.3) is 0 Å². The number of urea groups is 1. The highest BCUT2D eigenvalue weighted by Gasteiger charge is 2.56. The molecule has 9 heteroatoms. The number of nitrogens with one attached hydrogen (secondary N) is 1. The van der Waals surface area contributed by atoms with Crippen LogP contribution < -0.4 is 5.32 Å². The Bertz CT molecular complexity index is 385. The smallest absolute Gasteiger partial charge is 0.325 e. The molecule has 0 aromatic heterocycles. The van der Waals surface area contributed by atoms with Crippen molar-refractivity contribution in [1.82, 2.24) is 10.2 Å². The lowest BCUT2D eigenvalue weighted by Crippen LogP contribution is -2.49. The number of carbonyl (C=O) groups excluding carboxylic acids is 1. The predicted molar refractivity (Wildman–Crippen MR) is 69.9 cm³/mol. The van der Waals surface area contributed by atoms with E-state index in [-0.39, 0.29) is 17.8 Å². The molecule has 108 valence electrons. The summed E-state index contributed by atoms with van der Waals surface area (Å²) in [5.74, 6) is -2.38. The average molecular weight is 388 g/mol. The molecule has 1 saturated heterocycles. The molecule has 2 rings (SSSR count). The molecule has 0 unspecified atom stereocenters. The Balaban J connectivity index is 2.20. The molecule has 0 aromatic rings. The van der Waals surface area contributed by atoms with Crippen LogP contribution in [-0.4, -0.2) is 63.2 Å². The van der Waals surface area contributed by atoms with Crippen molar-refractivity contribution in [3.05, 3.63) is 12.3 Å². The van der Waals surface area contributed by atoms with E-state index < -0.39 is 30.3 Å². The van der Waals surface area contributed by atoms with E-state index in [9.17, 15) is 19.4 Å². The number of rotatable bonds is 2. The van der Waals surface area contributed by atoms with Crippen LogP contribution in [0.5, 0.6) is 0 Å². The number of aliphatic hydroxyl groups excluding tert-OH is 2. The molecule has 0 aliphatic carbocycles. The van der Waals surface area contributed by atoms with Crippen LogP contribution in [0.1, 0.15) is 0 Å². The maximum absolute atomic E-state index is 14.2. The van der Waals surface area contributed by atoms with Gasteiger partial charge in [0.2, 0.25) is 5.85 Å². The lowest BCUT2D eigenvalue weighted by atomic mass is 10.1. The van der Waals surface area contributed by atoms with Gasteiger partial charge in [-0.2, -0.15) is 0 Å². The quantitative estimate of drug-likeness (QED) is 0.446. The van der Waals surface area contributed by atoms with Crippen molar-refractivity contribution in [3.8, 4) is 0 Å². The number of hydrogen-bond acceptors (Lipinski definition) is 5. The van der Waals surface area contributed by atoms with Gasteiger partial charge < -0.3 is 25.0 Å². The van der Waals surface area contributed by atoms with E-state index in [1.165, 1.54) is 12.3 Å². The largest absolute Gasteiger partial charge is 0.385 e. The van der Waals surface area contributed by atoms with Gasteiger partial charge in [-0.3, -0.25) is 4.90 Å². The summed E-state index contributed by atoms with van der Waals surface area (Å²) in [6.45, 7) is 0.257. The summed E-state index contributed by atoms with van der Waals surface area (Å²) in [6, 6.07) is -0.607. The van der Waals surface area contributed by atoms with Crippen molar-refractivity contribution >= 4 is 28.6 Å². The van der Waals surface area contributed by atoms with Crippen LogP contribution in [0.2, 0.25) is 0 Å². The molecule has 4 atom stereocenters. The minimum absolute atomic E-state index is 0.00189. The predicted octanol–water partition coefficient (Wildman–Crippen LogP) is -0.322. The Labute approximate surface area is 122 Å². The summed E-state index contributed by atoms with van der Waals surface area (Å²) in [6.07, 6.45) is -1.67. The van der Waals surface area contributed by atoms with Crippen LogP contribution >= 0.6 is 22.6 Å². The van der Waals surface area contributed by atoms with E-state index in [0.717, 1.165) is 4.90 Å². The van der Waals surface area contributed by atoms with Gasteiger partial charge >= 0.3 is 6.03 Å². The molecule has 2 amide bonds. The van der Waals surface area contributed by atoms with Crippen molar-refractivity contribution in [2.24, 2.45) is 0 Å². The number of halogens is 2. The number of hydrogen-bond donors (Lipinski definition) is 3. The first kappa shape index (κ1) is 14.9. The van der Waals surface area contributed by atoms with E-state index in [4.69, 9.17) is 9.47 Å². The Morgan fingerprint density at radius 3 is 3.00 bits per heavy atom. The second-order valence-corrected chi connectivity index (χ2v) is 4.92. The van der Waals surface area contributed by atoms with Gasteiger partial charge in [0, 0.05) is 6.20 Å². The number of nitrogens with zero attached hydrogens (tertiary/aromatic N) is 1. The molecule has 7 nitrogen and oxygen atoms in total. The molecule has 1 fully saturated rings. The van der Waals surface area contributed by atoms with Gasteiger partial charge in [-0.1, -0.05) is 22.6 Å². The summed E-state index contributed by atoms with van der Waals surface area (Å²) in [5, 5.41) is 21.9. The Kier molecular flexibility index (Phi) is 4.61. The minimum atomic E-state index is -2.38. The van der Waals surface area contributed by atoms with Gasteiger partial charge in [0.1, 0.15) is 18.9 Å². The fourth-order valence-electron chi connectivity index (χ4n) is 1.84. The lowest BCUT2D eigenvalue weighted by molar-refractivity contribution is -0.170. The minimum Gasteiger partial charge on any atom is -0.385 e. The van der Waals surface area contributed by atoms with Gasteiger partial charge in [-0.25, -0.2) is 9.18 Å². The summed E-state index contributed by atoms with van der Waals surface area (Å²) in [5.41, 5.74) is 0. The zero-order valence-corrected chi connectivity index (χ0v) is 12.0. The third-order valence-corrected chi connectivity index (χ3v) is 3.91. The lowest BCUT2D eigenvalue weighted by Gasteiger charge is -2.28. The normalized spacial score (nSPS) is 41.6. The van der Waals surface area contributed by atoms with Gasteiger partial charge in [-0.05, 0) is 6.08 Å². The first-order valence-corrected chi connectivity index (χ1v) is 7.11. The van der Waals surface area contributed by atoms with Crippen molar-refractivity contribution in [1.29, 1.82) is 0 Å². The summed E-state index contributed by atoms with van der Waals surface area (Å²) in [7, 11) is 0. The monoisotopic (exact) mass is 388 g/mol. The maximum atomic E-state index is 14.2. The SMILES string of the molecule is O=C1NCOC/C=C\N1[C@@H]1O[C@](F)(CI)[C@@H](O)[C@H]1O. The van der Waals surface area contributed by atoms with Crippen LogP contribution in [0, 0.1) is 0 Å². The first-order chi connectivity index (χ1) is 8.99. The van der Waals surface area contributed by atoms with Gasteiger partial charge in [0.05, 0.1) is 11.0 Å². The van der Waals surface area contributed by atoms with E-state index in [0.29, 0.717) is 0 Å². The van der Waals surface area contributed by atoms with E-state index >= 15 is 0 Å². The van der Waals surface area contributed by atoms with Crippen molar-refractivity contribution < 1.29 is 28.9 Å². The highest BCUT2D eigenvalue weighted by Crippen LogP contribution is 2.36. The van der Waals surface area contributed by atoms with E-state index in [1.807, 2.05) is 0 Å². The zero-order valence-electron chi connectivity index (χ0n) is 9.83. The fraction of sp³-hybridized carbons (Fsp3) is 0.700. The Morgan fingerprint density at radius 1 is 1.63 bits per heavy atom. The molecular formula is C10H14FIN2O5. The highest BCUT2D eigenvalue weighted by molar-refractivity contribution is 14.1. The summed E-state index contributed by atoms with van der Waals surface area (Å²) in [4.78, 5) is 12.8. The van der Waals surface area contributed by atoms with E-state index in [1.54, 1.807) is 22.6 Å². The average Bonchev–Trinajstić information content (AvgIpc) is 2.60. The topological polar surface area (TPSA) is 91.3 Å². The first-order valence-electron chi connectivity index (χ1n) is 5.59. The van der Waals surface area contributed by atoms with Crippen LogP contribution in [0.3, 0.4) is 0 Å². The Hall–Kier alpha value is -0.490. The number of aliphatic hydroxyl groups is 2. The van der Waals surface area contributed by atoms with Crippen molar-refractivity contribution in [2.45, 2.75) is 24.3 Å².